The summed E-state index contributed by atoms with van der Waals surface area (Å²) < 4.78 is 0. The van der Waals surface area contributed by atoms with Gasteiger partial charge in [-0.2, -0.15) is 0 Å². The first-order valence-electron chi connectivity index (χ1n) is 9.29. The van der Waals surface area contributed by atoms with E-state index in [1.807, 2.05) is 36.4 Å². The summed E-state index contributed by atoms with van der Waals surface area (Å²) in [4.78, 5) is 28.7. The van der Waals surface area contributed by atoms with E-state index in [4.69, 9.17) is 5.73 Å². The van der Waals surface area contributed by atoms with Gasteiger partial charge in [0, 0.05) is 17.4 Å². The number of hydrogen-bond donors (Lipinski definition) is 2. The fourth-order valence-corrected chi connectivity index (χ4v) is 3.13. The molecule has 0 aliphatic heterocycles. The number of benzene rings is 2. The van der Waals surface area contributed by atoms with Crippen molar-refractivity contribution in [3.63, 3.8) is 0 Å². The smallest absolute Gasteiger partial charge is 0.248 e. The van der Waals surface area contributed by atoms with Gasteiger partial charge in [-0.15, -0.1) is 0 Å². The van der Waals surface area contributed by atoms with Gasteiger partial charge in [-0.25, -0.2) is 0 Å². The van der Waals surface area contributed by atoms with Crippen LogP contribution in [-0.4, -0.2) is 16.8 Å². The predicted octanol–water partition coefficient (Wildman–Crippen LogP) is 3.93. The van der Waals surface area contributed by atoms with Crippen molar-refractivity contribution in [3.05, 3.63) is 95.8 Å². The lowest BCUT2D eigenvalue weighted by atomic mass is 9.95. The lowest BCUT2D eigenvalue weighted by molar-refractivity contribution is -0.117. The van der Waals surface area contributed by atoms with Crippen LogP contribution in [0.15, 0.2) is 79.0 Å². The number of pyridine rings is 1. The van der Waals surface area contributed by atoms with Crippen molar-refractivity contribution in [2.24, 2.45) is 5.73 Å². The molecule has 0 fully saturated rings. The number of primary amides is 1. The van der Waals surface area contributed by atoms with Gasteiger partial charge in [-0.05, 0) is 55.2 Å². The Morgan fingerprint density at radius 1 is 0.964 bits per heavy atom. The number of anilines is 1. The maximum absolute atomic E-state index is 13.0. The first-order valence-corrected chi connectivity index (χ1v) is 9.29. The van der Waals surface area contributed by atoms with E-state index in [2.05, 4.69) is 22.4 Å². The van der Waals surface area contributed by atoms with E-state index in [9.17, 15) is 9.59 Å². The Hall–Kier alpha value is -3.47. The zero-order valence-electron chi connectivity index (χ0n) is 15.5. The predicted molar refractivity (Wildman–Crippen MR) is 110 cm³/mol. The van der Waals surface area contributed by atoms with Crippen LogP contribution in [0.4, 0.5) is 5.69 Å². The fourth-order valence-electron chi connectivity index (χ4n) is 3.13. The summed E-state index contributed by atoms with van der Waals surface area (Å²) >= 11 is 0. The van der Waals surface area contributed by atoms with E-state index >= 15 is 0 Å². The van der Waals surface area contributed by atoms with Gasteiger partial charge in [0.05, 0.1) is 11.6 Å². The highest BCUT2D eigenvalue weighted by Crippen LogP contribution is 2.23. The number of nitrogens with zero attached hydrogens (tertiary/aromatic N) is 1. The van der Waals surface area contributed by atoms with Gasteiger partial charge >= 0.3 is 0 Å². The van der Waals surface area contributed by atoms with Gasteiger partial charge in [0.1, 0.15) is 0 Å². The molecule has 5 nitrogen and oxygen atoms in total. The van der Waals surface area contributed by atoms with E-state index in [0.717, 1.165) is 18.5 Å². The summed E-state index contributed by atoms with van der Waals surface area (Å²) in [5.41, 5.74) is 8.21. The molecule has 1 unspecified atom stereocenters. The van der Waals surface area contributed by atoms with Gasteiger partial charge in [-0.3, -0.25) is 14.6 Å². The van der Waals surface area contributed by atoms with Crippen molar-refractivity contribution in [1.82, 2.24) is 4.98 Å². The molecular weight excluding hydrogens is 350 g/mol. The second kappa shape index (κ2) is 9.46. The summed E-state index contributed by atoms with van der Waals surface area (Å²) in [5, 5.41) is 2.90. The maximum Gasteiger partial charge on any atom is 0.248 e. The lowest BCUT2D eigenvalue weighted by Gasteiger charge is -2.17. The molecule has 5 heteroatoms. The highest BCUT2D eigenvalue weighted by atomic mass is 16.2. The summed E-state index contributed by atoms with van der Waals surface area (Å²) in [6.45, 7) is 0. The minimum atomic E-state index is -0.528. The van der Waals surface area contributed by atoms with Crippen molar-refractivity contribution in [2.75, 3.05) is 5.32 Å². The van der Waals surface area contributed by atoms with Crippen LogP contribution in [0.5, 0.6) is 0 Å². The van der Waals surface area contributed by atoms with Gasteiger partial charge in [0.2, 0.25) is 11.8 Å². The summed E-state index contributed by atoms with van der Waals surface area (Å²) in [5.74, 6) is -1.05. The number of carbonyl (C=O) groups is 2. The van der Waals surface area contributed by atoms with Crippen molar-refractivity contribution in [3.8, 4) is 0 Å². The van der Waals surface area contributed by atoms with E-state index in [1.54, 1.807) is 30.5 Å². The minimum absolute atomic E-state index is 0.145. The third-order valence-corrected chi connectivity index (χ3v) is 4.58. The van der Waals surface area contributed by atoms with Crippen molar-refractivity contribution < 1.29 is 9.59 Å². The summed E-state index contributed by atoms with van der Waals surface area (Å²) in [6.07, 6.45) is 4.13. The standard InChI is InChI=1S/C23H23N3O2/c24-22(27)18-11-7-12-19(16-18)26-23(28)20(21-14-4-5-15-25-21)13-6-10-17-8-2-1-3-9-17/h1-5,7-9,11-12,14-16,20H,6,10,13H2,(H2,24,27)(H,26,28). The molecule has 3 N–H and O–H groups in total. The van der Waals surface area contributed by atoms with E-state index < -0.39 is 5.91 Å². The molecule has 1 atom stereocenters. The lowest BCUT2D eigenvalue weighted by Crippen LogP contribution is -2.22. The molecule has 3 rings (SSSR count). The van der Waals surface area contributed by atoms with Crippen molar-refractivity contribution in [1.29, 1.82) is 0 Å². The third kappa shape index (κ3) is 5.27. The second-order valence-electron chi connectivity index (χ2n) is 6.62. The SMILES string of the molecule is NC(=O)c1cccc(NC(=O)C(CCCc2ccccc2)c2ccccn2)c1. The monoisotopic (exact) mass is 373 g/mol. The van der Waals surface area contributed by atoms with Crippen LogP contribution in [0.2, 0.25) is 0 Å². The molecule has 1 heterocycles. The largest absolute Gasteiger partial charge is 0.366 e. The Morgan fingerprint density at radius 3 is 2.46 bits per heavy atom. The van der Waals surface area contributed by atoms with Gasteiger partial charge in [-0.1, -0.05) is 42.5 Å². The molecular formula is C23H23N3O2. The van der Waals surface area contributed by atoms with Gasteiger partial charge < -0.3 is 11.1 Å². The zero-order chi connectivity index (χ0) is 19.8. The first kappa shape index (κ1) is 19.3. The molecule has 0 saturated heterocycles. The number of aromatic nitrogens is 1. The van der Waals surface area contributed by atoms with Crippen molar-refractivity contribution >= 4 is 17.5 Å². The minimum Gasteiger partial charge on any atom is -0.366 e. The van der Waals surface area contributed by atoms with Crippen LogP contribution in [0.25, 0.3) is 0 Å². The Balaban J connectivity index is 1.72. The van der Waals surface area contributed by atoms with E-state index in [1.165, 1.54) is 5.56 Å². The van der Waals surface area contributed by atoms with Crippen LogP contribution in [0.1, 0.15) is 40.4 Å². The number of nitrogens with one attached hydrogen (secondary N) is 1. The average Bonchev–Trinajstić information content (AvgIpc) is 2.72. The fraction of sp³-hybridized carbons (Fsp3) is 0.174. The zero-order valence-corrected chi connectivity index (χ0v) is 15.5. The summed E-state index contributed by atoms with van der Waals surface area (Å²) in [6, 6.07) is 22.4. The van der Waals surface area contributed by atoms with Crippen LogP contribution in [0.3, 0.4) is 0 Å². The average molecular weight is 373 g/mol. The van der Waals surface area contributed by atoms with Crippen LogP contribution < -0.4 is 11.1 Å². The molecule has 0 radical (unpaired) electrons. The number of aryl methyl sites for hydroxylation is 1. The topological polar surface area (TPSA) is 85.1 Å². The number of rotatable bonds is 8. The Morgan fingerprint density at radius 2 is 1.75 bits per heavy atom. The molecule has 2 amide bonds. The second-order valence-corrected chi connectivity index (χ2v) is 6.62. The van der Waals surface area contributed by atoms with Crippen molar-refractivity contribution in [2.45, 2.75) is 25.2 Å². The van der Waals surface area contributed by atoms with Crippen LogP contribution in [-0.2, 0) is 11.2 Å². The first-order chi connectivity index (χ1) is 13.6. The molecule has 0 saturated carbocycles. The molecule has 1 aromatic heterocycles. The Bertz CT molecular complexity index is 927. The normalized spacial score (nSPS) is 11.6. The van der Waals surface area contributed by atoms with E-state index in [-0.39, 0.29) is 11.8 Å². The number of nitrogens with two attached hydrogens (primary N) is 1. The molecule has 3 aromatic rings. The maximum atomic E-state index is 13.0. The van der Waals surface area contributed by atoms with E-state index in [0.29, 0.717) is 17.7 Å². The molecule has 0 bridgehead atoms. The third-order valence-electron chi connectivity index (χ3n) is 4.58. The highest BCUT2D eigenvalue weighted by molar-refractivity contribution is 5.98. The summed E-state index contributed by atoms with van der Waals surface area (Å²) in [7, 11) is 0. The molecule has 0 aliphatic carbocycles. The van der Waals surface area contributed by atoms with Gasteiger partial charge in [0.25, 0.3) is 0 Å². The molecule has 2 aromatic carbocycles. The Labute approximate surface area is 164 Å². The molecule has 0 spiro atoms. The van der Waals surface area contributed by atoms with Crippen LogP contribution in [0, 0.1) is 0 Å². The van der Waals surface area contributed by atoms with Crippen LogP contribution >= 0.6 is 0 Å². The Kier molecular flexibility index (Phi) is 6.52. The molecule has 0 aliphatic rings. The van der Waals surface area contributed by atoms with Gasteiger partial charge in [0.15, 0.2) is 0 Å². The number of amides is 2. The highest BCUT2D eigenvalue weighted by Gasteiger charge is 2.22. The molecule has 28 heavy (non-hydrogen) atoms. The quantitative estimate of drug-likeness (QED) is 0.627. The number of hydrogen-bond acceptors (Lipinski definition) is 3. The molecule has 142 valence electrons. The number of carbonyl (C=O) groups excluding carboxylic acids is 2.